The summed E-state index contributed by atoms with van der Waals surface area (Å²) in [7, 11) is 0. The molecule has 0 aliphatic carbocycles. The van der Waals surface area contributed by atoms with Gasteiger partial charge < -0.3 is 24.9 Å². The molecule has 2 atom stereocenters. The number of H-pyrrole nitrogens is 1. The van der Waals surface area contributed by atoms with Crippen LogP contribution in [-0.2, 0) is 11.2 Å². The molecule has 2 aromatic heterocycles. The molecule has 4 aromatic rings. The first-order valence-corrected chi connectivity index (χ1v) is 11.7. The third kappa shape index (κ3) is 4.99. The van der Waals surface area contributed by atoms with Crippen molar-refractivity contribution in [3.05, 3.63) is 70.4 Å². The lowest BCUT2D eigenvalue weighted by Crippen LogP contribution is -2.21. The Kier molecular flexibility index (Phi) is 7.05. The smallest absolute Gasteiger partial charge is 0.305 e. The van der Waals surface area contributed by atoms with E-state index in [4.69, 9.17) is 5.11 Å². The molecule has 8 heteroatoms. The van der Waals surface area contributed by atoms with Crippen molar-refractivity contribution in [1.29, 1.82) is 0 Å². The maximum atomic E-state index is 13.8. The Morgan fingerprint density at radius 1 is 1.06 bits per heavy atom. The summed E-state index contributed by atoms with van der Waals surface area (Å²) in [6.07, 6.45) is -1.96. The Hall–Kier alpha value is -3.49. The number of carboxylic acids is 1. The zero-order chi connectivity index (χ0) is 25.3. The van der Waals surface area contributed by atoms with Crippen molar-refractivity contribution in [3.8, 4) is 11.1 Å². The van der Waals surface area contributed by atoms with E-state index in [0.717, 1.165) is 27.6 Å². The first kappa shape index (κ1) is 24.6. The van der Waals surface area contributed by atoms with Gasteiger partial charge in [0.1, 0.15) is 11.3 Å². The fourth-order valence-corrected chi connectivity index (χ4v) is 4.88. The normalized spacial score (nSPS) is 13.5. The molecule has 184 valence electrons. The third-order valence-corrected chi connectivity index (χ3v) is 6.28. The number of fused-ring (bicyclic) bond motifs is 3. The summed E-state index contributed by atoms with van der Waals surface area (Å²) in [5.41, 5.74) is 3.33. The van der Waals surface area contributed by atoms with Crippen LogP contribution in [0.4, 0.5) is 4.39 Å². The predicted molar refractivity (Wildman–Crippen MR) is 133 cm³/mol. The molecule has 2 unspecified atom stereocenters. The highest BCUT2D eigenvalue weighted by molar-refractivity contribution is 6.13. The molecule has 0 spiro atoms. The predicted octanol–water partition coefficient (Wildman–Crippen LogP) is 4.39. The number of pyridine rings is 1. The number of aliphatic hydroxyl groups excluding tert-OH is 2. The van der Waals surface area contributed by atoms with Crippen LogP contribution in [0.5, 0.6) is 0 Å². The molecular weight excluding hydrogens is 451 g/mol. The minimum atomic E-state index is -1.15. The van der Waals surface area contributed by atoms with Crippen molar-refractivity contribution in [2.45, 2.75) is 57.8 Å². The summed E-state index contributed by atoms with van der Waals surface area (Å²) in [5, 5.41) is 31.0. The Morgan fingerprint density at radius 3 is 2.40 bits per heavy atom. The van der Waals surface area contributed by atoms with Crippen LogP contribution in [0.15, 0.2) is 53.3 Å². The third-order valence-electron chi connectivity index (χ3n) is 6.28. The van der Waals surface area contributed by atoms with E-state index >= 15 is 0 Å². The number of aliphatic carboxylic acids is 1. The molecule has 2 heterocycles. The van der Waals surface area contributed by atoms with E-state index in [2.05, 4.69) is 4.98 Å². The zero-order valence-electron chi connectivity index (χ0n) is 19.7. The average Bonchev–Trinajstić information content (AvgIpc) is 3.14. The van der Waals surface area contributed by atoms with Gasteiger partial charge in [-0.05, 0) is 56.9 Å². The number of hydrogen-bond donors (Lipinski definition) is 4. The second kappa shape index (κ2) is 10.0. The number of carboxylic acid groups (broad SMARTS) is 1. The molecule has 0 bridgehead atoms. The molecule has 0 amide bonds. The molecule has 0 saturated heterocycles. The molecule has 4 N–H and O–H groups in total. The van der Waals surface area contributed by atoms with Crippen LogP contribution in [0.2, 0.25) is 0 Å². The number of aromatic amines is 1. The van der Waals surface area contributed by atoms with Gasteiger partial charge in [-0.2, -0.15) is 0 Å². The maximum Gasteiger partial charge on any atom is 0.305 e. The van der Waals surface area contributed by atoms with Crippen molar-refractivity contribution in [1.82, 2.24) is 9.55 Å². The molecule has 7 nitrogen and oxygen atoms in total. The summed E-state index contributed by atoms with van der Waals surface area (Å²) >= 11 is 0. The van der Waals surface area contributed by atoms with Gasteiger partial charge in [0.2, 0.25) is 0 Å². The highest BCUT2D eigenvalue weighted by atomic mass is 19.1. The van der Waals surface area contributed by atoms with Crippen molar-refractivity contribution in [2.24, 2.45) is 0 Å². The first-order valence-electron chi connectivity index (χ1n) is 11.7. The van der Waals surface area contributed by atoms with Gasteiger partial charge in [-0.25, -0.2) is 4.39 Å². The summed E-state index contributed by atoms with van der Waals surface area (Å²) in [5.74, 6) is -1.50. The molecule has 0 aliphatic rings. The van der Waals surface area contributed by atoms with Crippen LogP contribution in [0.3, 0.4) is 0 Å². The number of hydrogen-bond acceptors (Lipinski definition) is 4. The molecule has 35 heavy (non-hydrogen) atoms. The van der Waals surface area contributed by atoms with Gasteiger partial charge in [-0.15, -0.1) is 0 Å². The number of nitrogens with one attached hydrogen (secondary N) is 1. The SMILES string of the molecule is CC(C)n1c(CCC(O)CC(O)CC(=O)O)c(-c2ccc(F)cc2)c2c3ccccc3[nH]c(=O)c21. The van der Waals surface area contributed by atoms with Crippen LogP contribution in [0.1, 0.15) is 44.8 Å². The molecule has 0 fully saturated rings. The topological polar surface area (TPSA) is 116 Å². The molecule has 4 rings (SSSR count). The van der Waals surface area contributed by atoms with E-state index in [-0.39, 0.29) is 30.3 Å². The number of aliphatic hydroxyl groups is 2. The van der Waals surface area contributed by atoms with Gasteiger partial charge in [0.15, 0.2) is 0 Å². The van der Waals surface area contributed by atoms with Crippen LogP contribution in [0, 0.1) is 5.82 Å². The van der Waals surface area contributed by atoms with E-state index in [1.165, 1.54) is 12.1 Å². The van der Waals surface area contributed by atoms with Crippen molar-refractivity contribution in [3.63, 3.8) is 0 Å². The number of para-hydroxylation sites is 1. The van der Waals surface area contributed by atoms with Crippen LogP contribution >= 0.6 is 0 Å². The number of halogens is 1. The Labute approximate surface area is 201 Å². The van der Waals surface area contributed by atoms with Gasteiger partial charge in [-0.3, -0.25) is 9.59 Å². The Morgan fingerprint density at radius 2 is 1.74 bits per heavy atom. The van der Waals surface area contributed by atoms with Crippen LogP contribution in [0.25, 0.3) is 32.9 Å². The lowest BCUT2D eigenvalue weighted by atomic mass is 9.96. The summed E-state index contributed by atoms with van der Waals surface area (Å²) in [4.78, 5) is 27.1. The first-order chi connectivity index (χ1) is 16.7. The van der Waals surface area contributed by atoms with E-state index < -0.39 is 24.6 Å². The van der Waals surface area contributed by atoms with Crippen LogP contribution in [-0.4, -0.2) is 43.0 Å². The highest BCUT2D eigenvalue weighted by Gasteiger charge is 2.25. The van der Waals surface area contributed by atoms with Gasteiger partial charge in [0.05, 0.1) is 18.6 Å². The van der Waals surface area contributed by atoms with Crippen molar-refractivity contribution >= 4 is 27.8 Å². The quantitative estimate of drug-likeness (QED) is 0.284. The molecular formula is C27H29FN2O5. The van der Waals surface area contributed by atoms with Gasteiger partial charge in [-0.1, -0.05) is 30.3 Å². The van der Waals surface area contributed by atoms with E-state index in [9.17, 15) is 24.2 Å². The highest BCUT2D eigenvalue weighted by Crippen LogP contribution is 2.39. The fourth-order valence-electron chi connectivity index (χ4n) is 4.88. The van der Waals surface area contributed by atoms with Gasteiger partial charge in [0.25, 0.3) is 5.56 Å². The number of nitrogens with zero attached hydrogens (tertiary/aromatic N) is 1. The van der Waals surface area contributed by atoms with Crippen LogP contribution < -0.4 is 5.56 Å². The monoisotopic (exact) mass is 480 g/mol. The van der Waals surface area contributed by atoms with Gasteiger partial charge in [0, 0.05) is 33.6 Å². The number of aromatic nitrogens is 2. The van der Waals surface area contributed by atoms with Crippen molar-refractivity contribution in [2.75, 3.05) is 0 Å². The molecule has 2 aromatic carbocycles. The Balaban J connectivity index is 1.90. The van der Waals surface area contributed by atoms with Gasteiger partial charge >= 0.3 is 5.97 Å². The van der Waals surface area contributed by atoms with E-state index in [1.807, 2.05) is 42.7 Å². The zero-order valence-corrected chi connectivity index (χ0v) is 19.7. The second-order valence-corrected chi connectivity index (χ2v) is 9.20. The lowest BCUT2D eigenvalue weighted by Gasteiger charge is -2.18. The standard InChI is InChI=1S/C27H29FN2O5/c1-15(2)30-22(12-11-18(31)13-19(32)14-23(33)34)24(16-7-9-17(28)10-8-16)25-20-5-3-4-6-21(20)29-27(35)26(25)30/h3-10,15,18-19,31-32H,11-14H2,1-2H3,(H,29,35)(H,33,34). The summed E-state index contributed by atoms with van der Waals surface area (Å²) in [6, 6.07) is 13.6. The lowest BCUT2D eigenvalue weighted by molar-refractivity contribution is -0.139. The average molecular weight is 481 g/mol. The summed E-state index contributed by atoms with van der Waals surface area (Å²) in [6.45, 7) is 3.94. The Bertz CT molecular complexity index is 1420. The molecule has 0 radical (unpaired) electrons. The number of carbonyl (C=O) groups is 1. The van der Waals surface area contributed by atoms with Crippen molar-refractivity contribution < 1.29 is 24.5 Å². The number of rotatable bonds is 9. The molecule has 0 saturated carbocycles. The fraction of sp³-hybridized carbons (Fsp3) is 0.333. The van der Waals surface area contributed by atoms with E-state index in [0.29, 0.717) is 17.5 Å². The maximum absolute atomic E-state index is 13.8. The summed E-state index contributed by atoms with van der Waals surface area (Å²) < 4.78 is 15.7. The minimum absolute atomic E-state index is 0.0659. The minimum Gasteiger partial charge on any atom is -0.481 e. The largest absolute Gasteiger partial charge is 0.481 e. The van der Waals surface area contributed by atoms with E-state index in [1.54, 1.807) is 12.1 Å². The number of benzene rings is 2. The molecule has 0 aliphatic heterocycles. The second-order valence-electron chi connectivity index (χ2n) is 9.20.